The van der Waals surface area contributed by atoms with Gasteiger partial charge in [-0.05, 0) is 0 Å². The highest BCUT2D eigenvalue weighted by molar-refractivity contribution is 14.1. The highest BCUT2D eigenvalue weighted by atomic mass is 127. The zero-order chi connectivity index (χ0) is 4.28. The third-order valence-electron chi connectivity index (χ3n) is 0.159. The lowest BCUT2D eigenvalue weighted by molar-refractivity contribution is 2.21. The third kappa shape index (κ3) is 6.02. The van der Waals surface area contributed by atoms with Crippen molar-refractivity contribution >= 4 is 49.0 Å². The molecule has 4 atom stereocenters. The molecule has 0 saturated carbocycles. The van der Waals surface area contributed by atoms with Crippen molar-refractivity contribution in [2.75, 3.05) is 0 Å². The fourth-order valence-electron chi connectivity index (χ4n) is 0. The number of alkyl halides is 1. The van der Waals surface area contributed by atoms with Crippen LogP contribution in [0.3, 0.4) is 0 Å². The molecule has 0 aliphatic heterocycles. The molecule has 0 aliphatic carbocycles. The zero-order valence-electron chi connectivity index (χ0n) is 2.61. The summed E-state index contributed by atoms with van der Waals surface area (Å²) in [4.78, 5) is 0. The standard InChI is InChI=1S/CH6IP3/c2-1(3)5-4/h1,5H,3-4H2. The summed E-state index contributed by atoms with van der Waals surface area (Å²) in [7, 11) is 6.39. The van der Waals surface area contributed by atoms with E-state index in [2.05, 4.69) is 40.8 Å². The van der Waals surface area contributed by atoms with Crippen molar-refractivity contribution in [2.24, 2.45) is 0 Å². The summed E-state index contributed by atoms with van der Waals surface area (Å²) < 4.78 is 0.762. The highest BCUT2D eigenvalue weighted by Gasteiger charge is 1.82. The summed E-state index contributed by atoms with van der Waals surface area (Å²) in [6.07, 6.45) is 0. The van der Waals surface area contributed by atoms with Crippen LogP contribution in [0.2, 0.25) is 0 Å². The maximum absolute atomic E-state index is 2.71. The van der Waals surface area contributed by atoms with Gasteiger partial charge in [0.05, 0.1) is 0 Å². The fourth-order valence-corrected chi connectivity index (χ4v) is 0. The van der Waals surface area contributed by atoms with Gasteiger partial charge in [0.2, 0.25) is 0 Å². The van der Waals surface area contributed by atoms with Crippen LogP contribution in [0.4, 0.5) is 0 Å². The summed E-state index contributed by atoms with van der Waals surface area (Å²) in [6.45, 7) is 0. The summed E-state index contributed by atoms with van der Waals surface area (Å²) in [5.74, 6) is 0. The first-order valence-electron chi connectivity index (χ1n) is 1.13. The molecule has 5 heavy (non-hydrogen) atoms. The molecule has 0 N–H and O–H groups in total. The van der Waals surface area contributed by atoms with Crippen LogP contribution in [0.25, 0.3) is 0 Å². The van der Waals surface area contributed by atoms with Gasteiger partial charge in [0.15, 0.2) is 0 Å². The van der Waals surface area contributed by atoms with E-state index >= 15 is 0 Å². The van der Waals surface area contributed by atoms with E-state index in [1.54, 1.807) is 0 Å². The van der Waals surface area contributed by atoms with E-state index in [1.165, 1.54) is 0 Å². The van der Waals surface area contributed by atoms with Gasteiger partial charge in [0, 0.05) is 3.41 Å². The van der Waals surface area contributed by atoms with E-state index in [4.69, 9.17) is 0 Å². The van der Waals surface area contributed by atoms with Gasteiger partial charge in [-0.1, -0.05) is 30.9 Å². The molecule has 0 saturated heterocycles. The maximum Gasteiger partial charge on any atom is 0.0455 e. The van der Waals surface area contributed by atoms with E-state index in [0.717, 1.165) is 11.7 Å². The van der Waals surface area contributed by atoms with E-state index in [9.17, 15) is 0 Å². The summed E-state index contributed by atoms with van der Waals surface area (Å²) in [5, 5.41) is 0. The Morgan fingerprint density at radius 2 is 2.00 bits per heavy atom. The van der Waals surface area contributed by atoms with Crippen LogP contribution in [0.5, 0.6) is 0 Å². The largest absolute Gasteiger partial charge is 0.119 e. The Hall–Kier alpha value is 2.02. The van der Waals surface area contributed by atoms with Crippen LogP contribution in [0.15, 0.2) is 0 Å². The van der Waals surface area contributed by atoms with Gasteiger partial charge in [-0.25, -0.2) is 0 Å². The Morgan fingerprint density at radius 1 is 1.80 bits per heavy atom. The molecule has 0 nitrogen and oxygen atoms in total. The average Bonchev–Trinajstić information content (AvgIpc) is 1.38. The normalized spacial score (nSPS) is 17.4. The van der Waals surface area contributed by atoms with Gasteiger partial charge in [-0.2, -0.15) is 0 Å². The van der Waals surface area contributed by atoms with Crippen LogP contribution < -0.4 is 0 Å². The van der Waals surface area contributed by atoms with Crippen LogP contribution in [-0.2, 0) is 0 Å². The molecule has 0 heterocycles. The molecule has 4 heteroatoms. The molecule has 0 amide bonds. The predicted octanol–water partition coefficient (Wildman–Crippen LogP) is 2.05. The number of hydrogen-bond acceptors (Lipinski definition) is 0. The predicted molar refractivity (Wildman–Crippen MR) is 45.5 cm³/mol. The van der Waals surface area contributed by atoms with Gasteiger partial charge in [-0.15, -0.1) is 18.2 Å². The van der Waals surface area contributed by atoms with Crippen molar-refractivity contribution in [1.82, 2.24) is 0 Å². The van der Waals surface area contributed by atoms with Crippen LogP contribution >= 0.6 is 49.0 Å². The molecule has 0 aliphatic rings. The SMILES string of the molecule is PPC(P)I. The van der Waals surface area contributed by atoms with Gasteiger partial charge >= 0.3 is 0 Å². The fraction of sp³-hybridized carbons (Fsp3) is 1.00. The van der Waals surface area contributed by atoms with E-state index < -0.39 is 0 Å². The van der Waals surface area contributed by atoms with Crippen molar-refractivity contribution in [3.05, 3.63) is 0 Å². The number of halogens is 1. The monoisotopic (exact) mass is 238 g/mol. The van der Waals surface area contributed by atoms with E-state index in [1.807, 2.05) is 0 Å². The molecular formula is CH6IP3. The first-order chi connectivity index (χ1) is 2.27. The molecule has 0 aromatic carbocycles. The Bertz CT molecular complexity index is 20.9. The lowest BCUT2D eigenvalue weighted by atomic mass is 11.9. The molecule has 0 radical (unpaired) electrons. The maximum atomic E-state index is 2.71. The van der Waals surface area contributed by atoms with Crippen LogP contribution in [0, 0.1) is 0 Å². The van der Waals surface area contributed by atoms with E-state index in [-0.39, 0.29) is 0 Å². The molecule has 0 fully saturated rings. The quantitative estimate of drug-likeness (QED) is 0.372. The summed E-state index contributed by atoms with van der Waals surface area (Å²) in [6, 6.07) is 0. The first kappa shape index (κ1) is 7.02. The van der Waals surface area contributed by atoms with Gasteiger partial charge in [0.1, 0.15) is 0 Å². The highest BCUT2D eigenvalue weighted by Crippen LogP contribution is 2.36. The van der Waals surface area contributed by atoms with Gasteiger partial charge in [-0.3, -0.25) is 0 Å². The molecule has 0 rings (SSSR count). The zero-order valence-corrected chi connectivity index (χ0v) is 8.08. The van der Waals surface area contributed by atoms with Crippen molar-refractivity contribution in [2.45, 2.75) is 3.41 Å². The smallest absolute Gasteiger partial charge is 0.0455 e. The van der Waals surface area contributed by atoms with Crippen molar-refractivity contribution in [3.8, 4) is 0 Å². The minimum Gasteiger partial charge on any atom is -0.119 e. The Kier molecular flexibility index (Phi) is 5.88. The topological polar surface area (TPSA) is 0 Å². The second kappa shape index (κ2) is 4.19. The number of rotatable bonds is 1. The Labute approximate surface area is 52.5 Å². The molecular weight excluding hydrogens is 232 g/mol. The minimum absolute atomic E-state index is 0.762. The average molecular weight is 238 g/mol. The van der Waals surface area contributed by atoms with Crippen LogP contribution in [-0.4, -0.2) is 3.41 Å². The molecule has 0 aromatic heterocycles. The molecule has 32 valence electrons. The lowest BCUT2D eigenvalue weighted by Gasteiger charge is -1.88. The summed E-state index contributed by atoms with van der Waals surface area (Å²) >= 11 is 2.36. The molecule has 0 aromatic rings. The second-order valence-corrected chi connectivity index (χ2v) is 7.73. The Balaban J connectivity index is 2.54. The van der Waals surface area contributed by atoms with E-state index in [0.29, 0.717) is 0 Å². The molecule has 4 unspecified atom stereocenters. The van der Waals surface area contributed by atoms with Crippen molar-refractivity contribution < 1.29 is 0 Å². The van der Waals surface area contributed by atoms with Gasteiger partial charge in [0.25, 0.3) is 0 Å². The van der Waals surface area contributed by atoms with Crippen molar-refractivity contribution in [3.63, 3.8) is 0 Å². The first-order valence-corrected chi connectivity index (χ1v) is 5.93. The lowest BCUT2D eigenvalue weighted by Crippen LogP contribution is -1.54. The summed E-state index contributed by atoms with van der Waals surface area (Å²) in [5.41, 5.74) is 0. The van der Waals surface area contributed by atoms with Crippen molar-refractivity contribution in [1.29, 1.82) is 0 Å². The molecule has 0 spiro atoms. The Morgan fingerprint density at radius 3 is 2.00 bits per heavy atom. The second-order valence-electron chi connectivity index (χ2n) is 0.568. The minimum atomic E-state index is 0.762. The van der Waals surface area contributed by atoms with Crippen LogP contribution in [0.1, 0.15) is 0 Å². The number of hydrogen-bond donors (Lipinski definition) is 0. The molecule has 0 bridgehead atoms. The third-order valence-corrected chi connectivity index (χ3v) is 6.40. The van der Waals surface area contributed by atoms with Gasteiger partial charge < -0.3 is 0 Å².